The van der Waals surface area contributed by atoms with Crippen molar-refractivity contribution in [3.8, 4) is 0 Å². The quantitative estimate of drug-likeness (QED) is 0.813. The minimum atomic E-state index is -2.55. The molecule has 1 aromatic carbocycles. The predicted molar refractivity (Wildman–Crippen MR) is 63.7 cm³/mol. The second-order valence-electron chi connectivity index (χ2n) is 3.53. The number of halogens is 3. The van der Waals surface area contributed by atoms with Gasteiger partial charge in [0.25, 0.3) is 12.3 Å². The highest BCUT2D eigenvalue weighted by atomic mass is 35.5. The van der Waals surface area contributed by atoms with Gasteiger partial charge in [0.05, 0.1) is 22.8 Å². The van der Waals surface area contributed by atoms with Crippen molar-refractivity contribution in [3.05, 3.63) is 22.7 Å². The van der Waals surface area contributed by atoms with E-state index < -0.39 is 18.9 Å². The number of anilines is 2. The van der Waals surface area contributed by atoms with Crippen LogP contribution < -0.4 is 16.4 Å². The summed E-state index contributed by atoms with van der Waals surface area (Å²) >= 11 is 5.88. The molecule has 0 fully saturated rings. The van der Waals surface area contributed by atoms with Crippen molar-refractivity contribution in [3.63, 3.8) is 0 Å². The summed E-state index contributed by atoms with van der Waals surface area (Å²) < 4.78 is 24.6. The van der Waals surface area contributed by atoms with Crippen molar-refractivity contribution in [2.75, 3.05) is 24.2 Å². The minimum absolute atomic E-state index is 0.0261. The van der Waals surface area contributed by atoms with Crippen LogP contribution in [0.5, 0.6) is 0 Å². The maximum absolute atomic E-state index is 12.3. The number of nitrogens with zero attached hydrogens (tertiary/aromatic N) is 1. The van der Waals surface area contributed by atoms with E-state index >= 15 is 0 Å². The molecule has 4 nitrogen and oxygen atoms in total. The van der Waals surface area contributed by atoms with E-state index in [9.17, 15) is 13.6 Å². The Labute approximate surface area is 102 Å². The molecule has 1 amide bonds. The average molecular weight is 264 g/mol. The highest BCUT2D eigenvalue weighted by Gasteiger charge is 2.19. The van der Waals surface area contributed by atoms with Gasteiger partial charge in [0.1, 0.15) is 0 Å². The fraction of sp³-hybridized carbons (Fsp3) is 0.300. The Kier molecular flexibility index (Phi) is 4.11. The number of hydrogen-bond donors (Lipinski definition) is 2. The van der Waals surface area contributed by atoms with E-state index in [0.717, 1.165) is 0 Å². The van der Waals surface area contributed by atoms with E-state index in [1.54, 1.807) is 0 Å². The largest absolute Gasteiger partial charge is 0.399 e. The molecule has 0 aromatic heterocycles. The maximum Gasteiger partial charge on any atom is 0.255 e. The summed E-state index contributed by atoms with van der Waals surface area (Å²) in [4.78, 5) is 12.4. The first-order valence-electron chi connectivity index (χ1n) is 4.71. The molecule has 0 aliphatic carbocycles. The van der Waals surface area contributed by atoms with Crippen molar-refractivity contribution in [1.29, 1.82) is 0 Å². The molecule has 0 bridgehead atoms. The summed E-state index contributed by atoms with van der Waals surface area (Å²) in [5, 5.41) is 0.113. The number of nitrogen functional groups attached to an aromatic ring is 1. The number of alkyl halides is 2. The van der Waals surface area contributed by atoms with Crippen LogP contribution in [0.4, 0.5) is 20.2 Å². The first kappa shape index (κ1) is 13.5. The van der Waals surface area contributed by atoms with Crippen LogP contribution in [0.25, 0.3) is 0 Å². The van der Waals surface area contributed by atoms with Gasteiger partial charge < -0.3 is 16.4 Å². The van der Waals surface area contributed by atoms with Crippen molar-refractivity contribution >= 4 is 28.9 Å². The first-order chi connectivity index (χ1) is 7.82. The van der Waals surface area contributed by atoms with E-state index in [-0.39, 0.29) is 22.0 Å². The zero-order chi connectivity index (χ0) is 13.2. The van der Waals surface area contributed by atoms with Crippen LogP contribution in [-0.4, -0.2) is 25.9 Å². The van der Waals surface area contributed by atoms with E-state index in [1.165, 1.54) is 24.1 Å². The van der Waals surface area contributed by atoms with Crippen LogP contribution >= 0.6 is 11.6 Å². The van der Waals surface area contributed by atoms with Gasteiger partial charge in [0.2, 0.25) is 0 Å². The van der Waals surface area contributed by atoms with Gasteiger partial charge in [0, 0.05) is 12.7 Å². The molecule has 1 aromatic rings. The van der Waals surface area contributed by atoms with Gasteiger partial charge in [-0.3, -0.25) is 4.79 Å². The van der Waals surface area contributed by atoms with Crippen molar-refractivity contribution in [2.24, 2.45) is 5.73 Å². The first-order valence-corrected chi connectivity index (χ1v) is 5.08. The van der Waals surface area contributed by atoms with Crippen LogP contribution in [0, 0.1) is 0 Å². The number of amides is 1. The minimum Gasteiger partial charge on any atom is -0.399 e. The molecule has 0 radical (unpaired) electrons. The van der Waals surface area contributed by atoms with Gasteiger partial charge in [-0.15, -0.1) is 0 Å². The maximum atomic E-state index is 12.3. The van der Waals surface area contributed by atoms with Crippen molar-refractivity contribution in [1.82, 2.24) is 0 Å². The van der Waals surface area contributed by atoms with E-state index in [4.69, 9.17) is 23.1 Å². The third-order valence-electron chi connectivity index (χ3n) is 2.14. The molecule has 0 aliphatic heterocycles. The molecule has 7 heteroatoms. The zero-order valence-electron chi connectivity index (χ0n) is 9.08. The zero-order valence-corrected chi connectivity index (χ0v) is 9.84. The summed E-state index contributed by atoms with van der Waals surface area (Å²) in [5.74, 6) is -0.768. The van der Waals surface area contributed by atoms with E-state index in [1.807, 2.05) is 0 Å². The number of rotatable bonds is 4. The molecule has 0 saturated heterocycles. The van der Waals surface area contributed by atoms with Gasteiger partial charge in [-0.1, -0.05) is 11.6 Å². The molecule has 4 N–H and O–H groups in total. The highest BCUT2D eigenvalue weighted by Crippen LogP contribution is 2.31. The third kappa shape index (κ3) is 3.20. The number of nitrogens with two attached hydrogens (primary N) is 2. The molecule has 0 spiro atoms. The Bertz CT molecular complexity index is 440. The summed E-state index contributed by atoms with van der Waals surface area (Å²) in [6, 6.07) is 2.69. The van der Waals surface area contributed by atoms with Gasteiger partial charge >= 0.3 is 0 Å². The van der Waals surface area contributed by atoms with Crippen LogP contribution in [0.15, 0.2) is 12.1 Å². The second kappa shape index (κ2) is 5.18. The van der Waals surface area contributed by atoms with E-state index in [0.29, 0.717) is 0 Å². The van der Waals surface area contributed by atoms with E-state index in [2.05, 4.69) is 0 Å². The molecule has 0 unspecified atom stereocenters. The molecule has 94 valence electrons. The molecular formula is C10H12ClF2N3O. The monoisotopic (exact) mass is 263 g/mol. The lowest BCUT2D eigenvalue weighted by atomic mass is 10.1. The number of carbonyl (C=O) groups is 1. The van der Waals surface area contributed by atoms with Crippen LogP contribution in [0.2, 0.25) is 5.02 Å². The topological polar surface area (TPSA) is 72.3 Å². The van der Waals surface area contributed by atoms with Crippen LogP contribution in [-0.2, 0) is 0 Å². The normalized spacial score (nSPS) is 10.6. The molecule has 0 heterocycles. The number of primary amides is 1. The summed E-state index contributed by atoms with van der Waals surface area (Å²) in [5.41, 5.74) is 11.1. The molecule has 0 aliphatic rings. The number of hydrogen-bond acceptors (Lipinski definition) is 3. The lowest BCUT2D eigenvalue weighted by Crippen LogP contribution is -2.27. The van der Waals surface area contributed by atoms with Crippen molar-refractivity contribution < 1.29 is 13.6 Å². The third-order valence-corrected chi connectivity index (χ3v) is 2.43. The molecule has 1 rings (SSSR count). The highest BCUT2D eigenvalue weighted by molar-refractivity contribution is 6.34. The van der Waals surface area contributed by atoms with Crippen LogP contribution in [0.1, 0.15) is 10.4 Å². The van der Waals surface area contributed by atoms with Gasteiger partial charge in [0.15, 0.2) is 0 Å². The number of carbonyl (C=O) groups excluding carboxylic acids is 1. The number of benzene rings is 1. The summed E-state index contributed by atoms with van der Waals surface area (Å²) in [7, 11) is 1.40. The Morgan fingerprint density at radius 2 is 2.12 bits per heavy atom. The van der Waals surface area contributed by atoms with Crippen molar-refractivity contribution in [2.45, 2.75) is 6.43 Å². The second-order valence-corrected chi connectivity index (χ2v) is 3.94. The fourth-order valence-electron chi connectivity index (χ4n) is 1.49. The SMILES string of the molecule is CN(CC(F)F)c1c(Cl)cc(N)cc1C(N)=O. The standard InChI is InChI=1S/C10H12ClF2N3O/c1-16(4-8(12)13)9-6(10(15)17)2-5(14)3-7(9)11/h2-3,8H,4,14H2,1H3,(H2,15,17). The fourth-order valence-corrected chi connectivity index (χ4v) is 1.87. The molecule has 0 saturated carbocycles. The van der Waals surface area contributed by atoms with Gasteiger partial charge in [-0.2, -0.15) is 0 Å². The van der Waals surface area contributed by atoms with Gasteiger partial charge in [-0.25, -0.2) is 8.78 Å². The average Bonchev–Trinajstić information content (AvgIpc) is 2.14. The Morgan fingerprint density at radius 3 is 2.59 bits per heavy atom. The summed E-state index contributed by atoms with van der Waals surface area (Å²) in [6.45, 7) is -0.552. The summed E-state index contributed by atoms with van der Waals surface area (Å²) in [6.07, 6.45) is -2.55. The Morgan fingerprint density at radius 1 is 1.53 bits per heavy atom. The Hall–Kier alpha value is -1.56. The van der Waals surface area contributed by atoms with Gasteiger partial charge in [-0.05, 0) is 12.1 Å². The lowest BCUT2D eigenvalue weighted by Gasteiger charge is -2.22. The molecular weight excluding hydrogens is 252 g/mol. The lowest BCUT2D eigenvalue weighted by molar-refractivity contribution is 0.1000. The van der Waals surface area contributed by atoms with Crippen LogP contribution in [0.3, 0.4) is 0 Å². The predicted octanol–water partition coefficient (Wildman–Crippen LogP) is 1.72. The molecule has 0 atom stereocenters. The molecule has 17 heavy (non-hydrogen) atoms. The Balaban J connectivity index is 3.25. The smallest absolute Gasteiger partial charge is 0.255 e.